The van der Waals surface area contributed by atoms with E-state index in [2.05, 4.69) is 30.9 Å². The monoisotopic (exact) mass is 392 g/mol. The molecule has 0 spiro atoms. The standard InChI is InChI=1S/C18H19F3N6O/c19-18(20,21)13-9-25-17(26-10-3-1-5-22-7-10)27-14(13)12-8-24-15-11(12)4-2-6-23-16(15)28/h2,6,8-10,22,24H,1,3-5,7H2,(H,23,28)(H,25,26,27). The van der Waals surface area contributed by atoms with Crippen LogP contribution < -0.4 is 16.0 Å². The fraction of sp³-hybridized carbons (Fsp3) is 0.389. The van der Waals surface area contributed by atoms with E-state index in [1.165, 1.54) is 12.4 Å². The number of aromatic amines is 1. The number of fused-ring (bicyclic) bond motifs is 1. The predicted molar refractivity (Wildman–Crippen MR) is 96.6 cm³/mol. The van der Waals surface area contributed by atoms with Crippen LogP contribution in [0.1, 0.15) is 34.5 Å². The van der Waals surface area contributed by atoms with E-state index >= 15 is 0 Å². The normalized spacial score (nSPS) is 19.7. The molecule has 7 nitrogen and oxygen atoms in total. The van der Waals surface area contributed by atoms with Gasteiger partial charge in [-0.15, -0.1) is 0 Å². The highest BCUT2D eigenvalue weighted by atomic mass is 19.4. The molecule has 1 unspecified atom stereocenters. The van der Waals surface area contributed by atoms with Gasteiger partial charge in [0.2, 0.25) is 5.95 Å². The van der Waals surface area contributed by atoms with Crippen molar-refractivity contribution < 1.29 is 18.0 Å². The molecule has 2 aliphatic rings. The van der Waals surface area contributed by atoms with Crippen LogP contribution in [0.25, 0.3) is 11.3 Å². The molecule has 148 valence electrons. The van der Waals surface area contributed by atoms with Gasteiger partial charge in [0.05, 0.1) is 5.69 Å². The number of allylic oxidation sites excluding steroid dienone is 1. The lowest BCUT2D eigenvalue weighted by Gasteiger charge is -2.24. The molecule has 2 aliphatic heterocycles. The third kappa shape index (κ3) is 3.59. The van der Waals surface area contributed by atoms with E-state index in [-0.39, 0.29) is 28.9 Å². The van der Waals surface area contributed by atoms with Crippen molar-refractivity contribution in [1.29, 1.82) is 0 Å². The van der Waals surface area contributed by atoms with Gasteiger partial charge in [-0.1, -0.05) is 6.08 Å². The quantitative estimate of drug-likeness (QED) is 0.644. The van der Waals surface area contributed by atoms with Gasteiger partial charge in [0.25, 0.3) is 5.91 Å². The fourth-order valence-corrected chi connectivity index (χ4v) is 3.48. The fourth-order valence-electron chi connectivity index (χ4n) is 3.48. The Kier molecular flexibility index (Phi) is 4.80. The molecule has 10 heteroatoms. The van der Waals surface area contributed by atoms with Gasteiger partial charge in [0.1, 0.15) is 11.3 Å². The van der Waals surface area contributed by atoms with Gasteiger partial charge in [-0.05, 0) is 31.4 Å². The predicted octanol–water partition coefficient (Wildman–Crippen LogP) is 2.45. The molecule has 0 bridgehead atoms. The molecule has 28 heavy (non-hydrogen) atoms. The van der Waals surface area contributed by atoms with Crippen molar-refractivity contribution in [2.45, 2.75) is 31.5 Å². The summed E-state index contributed by atoms with van der Waals surface area (Å²) in [6.45, 7) is 1.62. The molecule has 1 atom stereocenters. The van der Waals surface area contributed by atoms with E-state index in [1.807, 2.05) is 0 Å². The molecule has 4 N–H and O–H groups in total. The van der Waals surface area contributed by atoms with Crippen LogP contribution in [0.15, 0.2) is 24.7 Å². The number of nitrogens with one attached hydrogen (secondary N) is 4. The SMILES string of the molecule is O=C1NC=CCc2c(-c3nc(NC4CCCNC4)ncc3C(F)(F)F)c[nH]c21. The van der Waals surface area contributed by atoms with Crippen LogP contribution in [0.2, 0.25) is 0 Å². The second-order valence-corrected chi connectivity index (χ2v) is 6.78. The molecule has 0 radical (unpaired) electrons. The second-order valence-electron chi connectivity index (χ2n) is 6.78. The third-order valence-corrected chi connectivity index (χ3v) is 4.85. The zero-order valence-corrected chi connectivity index (χ0v) is 14.9. The van der Waals surface area contributed by atoms with Crippen molar-refractivity contribution >= 4 is 11.9 Å². The van der Waals surface area contributed by atoms with Gasteiger partial charge in [0.15, 0.2) is 0 Å². The van der Waals surface area contributed by atoms with E-state index in [0.717, 1.165) is 25.6 Å². The summed E-state index contributed by atoms with van der Waals surface area (Å²) in [6.07, 6.45) is 2.90. The topological polar surface area (TPSA) is 94.7 Å². The summed E-state index contributed by atoms with van der Waals surface area (Å²) in [7, 11) is 0. The van der Waals surface area contributed by atoms with Gasteiger partial charge < -0.3 is 20.9 Å². The lowest BCUT2D eigenvalue weighted by molar-refractivity contribution is -0.137. The molecule has 2 aromatic heterocycles. The minimum absolute atomic E-state index is 0.0513. The molecular weight excluding hydrogens is 373 g/mol. The number of piperidine rings is 1. The van der Waals surface area contributed by atoms with Gasteiger partial charge in [-0.3, -0.25) is 4.79 Å². The maximum absolute atomic E-state index is 13.6. The highest BCUT2D eigenvalue weighted by Gasteiger charge is 2.37. The first-order valence-electron chi connectivity index (χ1n) is 9.01. The summed E-state index contributed by atoms with van der Waals surface area (Å²) in [5.74, 6) is -0.260. The Morgan fingerprint density at radius 2 is 2.14 bits per heavy atom. The average Bonchev–Trinajstić information content (AvgIpc) is 3.00. The van der Waals surface area contributed by atoms with Crippen molar-refractivity contribution in [2.75, 3.05) is 18.4 Å². The van der Waals surface area contributed by atoms with Gasteiger partial charge in [-0.25, -0.2) is 9.97 Å². The van der Waals surface area contributed by atoms with Gasteiger partial charge in [-0.2, -0.15) is 13.2 Å². The van der Waals surface area contributed by atoms with Crippen LogP contribution in [0.4, 0.5) is 19.1 Å². The molecule has 4 rings (SSSR count). The number of hydrogen-bond acceptors (Lipinski definition) is 5. The first kappa shape index (κ1) is 18.5. The zero-order chi connectivity index (χ0) is 19.7. The maximum atomic E-state index is 13.6. The minimum Gasteiger partial charge on any atom is -0.356 e. The van der Waals surface area contributed by atoms with Gasteiger partial charge >= 0.3 is 6.18 Å². The molecule has 1 saturated heterocycles. The molecule has 2 aromatic rings. The lowest BCUT2D eigenvalue weighted by atomic mass is 10.0. The molecule has 1 amide bonds. The molecule has 0 saturated carbocycles. The number of rotatable bonds is 3. The van der Waals surface area contributed by atoms with E-state index < -0.39 is 17.6 Å². The Hall–Kier alpha value is -2.88. The molecule has 0 aromatic carbocycles. The number of carbonyl (C=O) groups is 1. The number of hydrogen-bond donors (Lipinski definition) is 4. The van der Waals surface area contributed by atoms with Crippen molar-refractivity contribution in [3.8, 4) is 11.3 Å². The Morgan fingerprint density at radius 1 is 1.29 bits per heavy atom. The number of alkyl halides is 3. The van der Waals surface area contributed by atoms with Crippen LogP contribution in [0, 0.1) is 0 Å². The molecule has 0 aliphatic carbocycles. The lowest BCUT2D eigenvalue weighted by Crippen LogP contribution is -2.38. The van der Waals surface area contributed by atoms with Crippen molar-refractivity contribution in [1.82, 2.24) is 25.6 Å². The van der Waals surface area contributed by atoms with E-state index in [1.54, 1.807) is 6.08 Å². The summed E-state index contributed by atoms with van der Waals surface area (Å²) in [5, 5.41) is 8.89. The molecule has 1 fully saturated rings. The van der Waals surface area contributed by atoms with Crippen LogP contribution in [0.5, 0.6) is 0 Å². The number of aromatic nitrogens is 3. The highest BCUT2D eigenvalue weighted by molar-refractivity contribution is 5.97. The minimum atomic E-state index is -4.62. The Balaban J connectivity index is 1.77. The molecular formula is C18H19F3N6O. The summed E-state index contributed by atoms with van der Waals surface area (Å²) in [6, 6.07) is 0.0513. The summed E-state index contributed by atoms with van der Waals surface area (Å²) >= 11 is 0. The summed E-state index contributed by atoms with van der Waals surface area (Å²) in [4.78, 5) is 23.0. The van der Waals surface area contributed by atoms with Crippen LogP contribution >= 0.6 is 0 Å². The van der Waals surface area contributed by atoms with E-state index in [0.29, 0.717) is 18.5 Å². The van der Waals surface area contributed by atoms with Crippen LogP contribution in [0.3, 0.4) is 0 Å². The number of halogens is 3. The maximum Gasteiger partial charge on any atom is 0.419 e. The number of nitrogens with zero attached hydrogens (tertiary/aromatic N) is 2. The van der Waals surface area contributed by atoms with Crippen molar-refractivity contribution in [3.63, 3.8) is 0 Å². The average molecular weight is 392 g/mol. The number of amides is 1. The zero-order valence-electron chi connectivity index (χ0n) is 14.9. The van der Waals surface area contributed by atoms with Crippen molar-refractivity contribution in [2.24, 2.45) is 0 Å². The highest BCUT2D eigenvalue weighted by Crippen LogP contribution is 2.38. The second kappa shape index (κ2) is 7.27. The molecule has 4 heterocycles. The van der Waals surface area contributed by atoms with Gasteiger partial charge in [0, 0.05) is 36.7 Å². The van der Waals surface area contributed by atoms with Crippen LogP contribution in [-0.4, -0.2) is 40.0 Å². The smallest absolute Gasteiger partial charge is 0.356 e. The number of H-pyrrole nitrogens is 1. The Morgan fingerprint density at radius 3 is 2.89 bits per heavy atom. The summed E-state index contributed by atoms with van der Waals surface area (Å²) < 4.78 is 40.8. The first-order chi connectivity index (χ1) is 13.4. The number of carbonyl (C=O) groups excluding carboxylic acids is 1. The number of anilines is 1. The third-order valence-electron chi connectivity index (χ3n) is 4.85. The van der Waals surface area contributed by atoms with Crippen molar-refractivity contribution in [3.05, 3.63) is 41.5 Å². The Labute approximate surface area is 158 Å². The Bertz CT molecular complexity index is 915. The van der Waals surface area contributed by atoms with E-state index in [4.69, 9.17) is 0 Å². The summed E-state index contributed by atoms with van der Waals surface area (Å²) in [5.41, 5.74) is -0.223. The van der Waals surface area contributed by atoms with E-state index in [9.17, 15) is 18.0 Å². The largest absolute Gasteiger partial charge is 0.419 e. The first-order valence-corrected chi connectivity index (χ1v) is 9.01. The van der Waals surface area contributed by atoms with Crippen LogP contribution in [-0.2, 0) is 12.6 Å².